The van der Waals surface area contributed by atoms with Gasteiger partial charge in [0, 0.05) is 9.79 Å². The molecule has 0 aliphatic carbocycles. The first-order valence-corrected chi connectivity index (χ1v) is 10.0. The minimum Gasteiger partial charge on any atom is -0.0888 e. The molecule has 0 aromatic heterocycles. The average Bonchev–Trinajstić information content (AvgIpc) is 2.72. The summed E-state index contributed by atoms with van der Waals surface area (Å²) in [6, 6.07) is 34.8. The summed E-state index contributed by atoms with van der Waals surface area (Å²) in [5.74, 6) is 0. The molecule has 0 bridgehead atoms. The van der Waals surface area contributed by atoms with Crippen LogP contribution >= 0.6 is 11.8 Å². The second-order valence-corrected chi connectivity index (χ2v) is 7.92. The second kappa shape index (κ2) is 7.85. The van der Waals surface area contributed by atoms with Crippen LogP contribution in [0.4, 0.5) is 0 Å². The Kier molecular flexibility index (Phi) is 5.13. The van der Waals surface area contributed by atoms with Gasteiger partial charge in [0.25, 0.3) is 0 Å². The van der Waals surface area contributed by atoms with Gasteiger partial charge in [0.15, 0.2) is 0 Å². The van der Waals surface area contributed by atoms with Crippen molar-refractivity contribution in [1.29, 1.82) is 0 Å². The van der Waals surface area contributed by atoms with Crippen molar-refractivity contribution < 1.29 is 0 Å². The van der Waals surface area contributed by atoms with Gasteiger partial charge in [-0.25, -0.2) is 0 Å². The molecule has 0 fully saturated rings. The Morgan fingerprint density at radius 2 is 0.889 bits per heavy atom. The molecular formula is C26H22S. The van der Waals surface area contributed by atoms with Gasteiger partial charge >= 0.3 is 0 Å². The van der Waals surface area contributed by atoms with Gasteiger partial charge in [-0.3, -0.25) is 0 Å². The van der Waals surface area contributed by atoms with E-state index in [4.69, 9.17) is 0 Å². The lowest BCUT2D eigenvalue weighted by Gasteiger charge is -2.14. The van der Waals surface area contributed by atoms with E-state index in [1.165, 1.54) is 43.2 Å². The van der Waals surface area contributed by atoms with E-state index in [1.807, 2.05) is 11.8 Å². The summed E-state index contributed by atoms with van der Waals surface area (Å²) in [4.78, 5) is 2.57. The quantitative estimate of drug-likeness (QED) is 0.355. The Morgan fingerprint density at radius 1 is 0.481 bits per heavy atom. The van der Waals surface area contributed by atoms with Gasteiger partial charge < -0.3 is 0 Å². The molecular weight excluding hydrogens is 344 g/mol. The van der Waals surface area contributed by atoms with Crippen molar-refractivity contribution in [2.45, 2.75) is 23.6 Å². The van der Waals surface area contributed by atoms with Gasteiger partial charge in [-0.05, 0) is 48.2 Å². The number of rotatable bonds is 4. The van der Waals surface area contributed by atoms with Crippen LogP contribution in [0.5, 0.6) is 0 Å². The van der Waals surface area contributed by atoms with Gasteiger partial charge in [-0.15, -0.1) is 0 Å². The second-order valence-electron chi connectivity index (χ2n) is 6.83. The van der Waals surface area contributed by atoms with Crippen LogP contribution in [0.15, 0.2) is 107 Å². The molecule has 0 nitrogen and oxygen atoms in total. The maximum atomic E-state index is 2.29. The van der Waals surface area contributed by atoms with Gasteiger partial charge in [-0.1, -0.05) is 108 Å². The molecule has 0 aliphatic rings. The highest BCUT2D eigenvalue weighted by atomic mass is 32.2. The van der Waals surface area contributed by atoms with Crippen molar-refractivity contribution in [3.8, 4) is 22.3 Å². The molecule has 0 radical (unpaired) electrons. The van der Waals surface area contributed by atoms with E-state index in [0.717, 1.165) is 0 Å². The van der Waals surface area contributed by atoms with Crippen molar-refractivity contribution in [1.82, 2.24) is 0 Å². The fourth-order valence-electron chi connectivity index (χ4n) is 3.27. The molecule has 0 spiro atoms. The first-order chi connectivity index (χ1) is 13.2. The Bertz CT molecular complexity index is 963. The molecule has 0 aliphatic heterocycles. The summed E-state index contributed by atoms with van der Waals surface area (Å²) >= 11 is 1.85. The van der Waals surface area contributed by atoms with Crippen molar-refractivity contribution in [3.63, 3.8) is 0 Å². The number of aryl methyl sites for hydroxylation is 2. The number of benzene rings is 4. The van der Waals surface area contributed by atoms with E-state index in [2.05, 4.69) is 111 Å². The summed E-state index contributed by atoms with van der Waals surface area (Å²) in [7, 11) is 0. The van der Waals surface area contributed by atoms with E-state index in [1.54, 1.807) is 0 Å². The van der Waals surface area contributed by atoms with E-state index in [-0.39, 0.29) is 0 Å². The smallest absolute Gasteiger partial charge is 0.0201 e. The van der Waals surface area contributed by atoms with Gasteiger partial charge in [-0.2, -0.15) is 0 Å². The van der Waals surface area contributed by atoms with Crippen LogP contribution in [0.1, 0.15) is 11.1 Å². The average molecular weight is 367 g/mol. The molecule has 0 atom stereocenters. The standard InChI is InChI=1S/C26H22S/c1-19-13-15-25(23(17-19)21-9-5-3-6-10-21)27-26-16-14-20(2)18-24(26)22-11-7-4-8-12-22/h3-18H,1-2H3. The molecule has 27 heavy (non-hydrogen) atoms. The zero-order valence-corrected chi connectivity index (χ0v) is 16.5. The van der Waals surface area contributed by atoms with Crippen LogP contribution in [0, 0.1) is 13.8 Å². The summed E-state index contributed by atoms with van der Waals surface area (Å²) in [6.07, 6.45) is 0. The third-order valence-electron chi connectivity index (χ3n) is 4.66. The lowest BCUT2D eigenvalue weighted by Crippen LogP contribution is -1.88. The van der Waals surface area contributed by atoms with Crippen LogP contribution in [0.25, 0.3) is 22.3 Å². The van der Waals surface area contributed by atoms with Crippen LogP contribution in [0.3, 0.4) is 0 Å². The highest BCUT2D eigenvalue weighted by molar-refractivity contribution is 7.99. The topological polar surface area (TPSA) is 0 Å². The van der Waals surface area contributed by atoms with E-state index < -0.39 is 0 Å². The van der Waals surface area contributed by atoms with Crippen LogP contribution in [-0.2, 0) is 0 Å². The zero-order valence-electron chi connectivity index (χ0n) is 15.6. The lowest BCUT2D eigenvalue weighted by atomic mass is 10.0. The predicted octanol–water partition coefficient (Wildman–Crippen LogP) is 7.79. The SMILES string of the molecule is Cc1ccc(Sc2ccc(C)cc2-c2ccccc2)c(-c2ccccc2)c1. The van der Waals surface area contributed by atoms with Crippen molar-refractivity contribution >= 4 is 11.8 Å². The maximum Gasteiger partial charge on any atom is 0.0201 e. The van der Waals surface area contributed by atoms with Crippen LogP contribution in [0.2, 0.25) is 0 Å². The molecule has 1 heteroatoms. The Hall–Kier alpha value is -2.77. The summed E-state index contributed by atoms with van der Waals surface area (Å²) < 4.78 is 0. The van der Waals surface area contributed by atoms with Gasteiger partial charge in [0.05, 0.1) is 0 Å². The Labute approximate surface area is 165 Å². The fraction of sp³-hybridized carbons (Fsp3) is 0.0769. The van der Waals surface area contributed by atoms with Gasteiger partial charge in [0.1, 0.15) is 0 Å². The molecule has 132 valence electrons. The molecule has 0 saturated heterocycles. The third kappa shape index (κ3) is 3.99. The van der Waals surface area contributed by atoms with Crippen molar-refractivity contribution in [2.75, 3.05) is 0 Å². The van der Waals surface area contributed by atoms with E-state index in [9.17, 15) is 0 Å². The maximum absolute atomic E-state index is 2.29. The summed E-state index contributed by atoms with van der Waals surface area (Å²) in [5.41, 5.74) is 7.67. The first-order valence-electron chi connectivity index (χ1n) is 9.21. The Morgan fingerprint density at radius 3 is 1.30 bits per heavy atom. The zero-order chi connectivity index (χ0) is 18.6. The molecule has 4 aromatic rings. The highest BCUT2D eigenvalue weighted by Crippen LogP contribution is 2.41. The predicted molar refractivity (Wildman–Crippen MR) is 117 cm³/mol. The minimum atomic E-state index is 1.26. The number of hydrogen-bond acceptors (Lipinski definition) is 1. The Balaban J connectivity index is 1.80. The fourth-order valence-corrected chi connectivity index (χ4v) is 4.35. The molecule has 0 amide bonds. The molecule has 4 rings (SSSR count). The van der Waals surface area contributed by atoms with Crippen LogP contribution < -0.4 is 0 Å². The van der Waals surface area contributed by atoms with Crippen molar-refractivity contribution in [3.05, 3.63) is 108 Å². The van der Waals surface area contributed by atoms with E-state index in [0.29, 0.717) is 0 Å². The number of hydrogen-bond donors (Lipinski definition) is 0. The summed E-state index contributed by atoms with van der Waals surface area (Å²) in [6.45, 7) is 4.31. The lowest BCUT2D eigenvalue weighted by molar-refractivity contribution is 1.34. The van der Waals surface area contributed by atoms with Crippen molar-refractivity contribution in [2.24, 2.45) is 0 Å². The molecule has 0 heterocycles. The van der Waals surface area contributed by atoms with Crippen LogP contribution in [-0.4, -0.2) is 0 Å². The molecule has 0 saturated carbocycles. The monoisotopic (exact) mass is 366 g/mol. The third-order valence-corrected chi connectivity index (χ3v) is 5.81. The van der Waals surface area contributed by atoms with Gasteiger partial charge in [0.2, 0.25) is 0 Å². The normalized spacial score (nSPS) is 10.7. The molecule has 0 N–H and O–H groups in total. The largest absolute Gasteiger partial charge is 0.0888 e. The molecule has 0 unspecified atom stereocenters. The molecule has 4 aromatic carbocycles. The summed E-state index contributed by atoms with van der Waals surface area (Å²) in [5, 5.41) is 0. The minimum absolute atomic E-state index is 1.26. The van der Waals surface area contributed by atoms with E-state index >= 15 is 0 Å². The highest BCUT2D eigenvalue weighted by Gasteiger charge is 2.11. The first kappa shape index (κ1) is 17.6.